The number of nitrogens with one attached hydrogen (secondary N) is 2. The number of likely N-dealkylation sites (N-methyl/N-ethyl adjacent to an activating group) is 1. The zero-order chi connectivity index (χ0) is 13.9. The van der Waals surface area contributed by atoms with Crippen molar-refractivity contribution >= 4 is 15.9 Å². The fourth-order valence-corrected chi connectivity index (χ4v) is 3.25. The van der Waals surface area contributed by atoms with Gasteiger partial charge in [0.2, 0.25) is 5.91 Å². The Bertz CT molecular complexity index is 519. The summed E-state index contributed by atoms with van der Waals surface area (Å²) >= 11 is 0. The second kappa shape index (κ2) is 5.68. The number of H-pyrrole nitrogens is 1. The summed E-state index contributed by atoms with van der Waals surface area (Å²) in [4.78, 5) is 19.5. The molecule has 0 radical (unpaired) electrons. The van der Waals surface area contributed by atoms with Gasteiger partial charge in [0.25, 0.3) is 10.0 Å². The van der Waals surface area contributed by atoms with Crippen LogP contribution in [0.5, 0.6) is 0 Å². The number of carbonyl (C=O) groups is 1. The Morgan fingerprint density at radius 1 is 1.42 bits per heavy atom. The van der Waals surface area contributed by atoms with Crippen LogP contribution in [-0.4, -0.2) is 73.3 Å². The molecule has 1 aliphatic heterocycles. The quantitative estimate of drug-likeness (QED) is 0.699. The lowest BCUT2D eigenvalue weighted by Crippen LogP contribution is -2.50. The van der Waals surface area contributed by atoms with Gasteiger partial charge in [-0.05, 0) is 0 Å². The second-order valence-electron chi connectivity index (χ2n) is 4.27. The fraction of sp³-hybridized carbons (Fsp3) is 0.600. The normalized spacial score (nSPS) is 18.4. The molecule has 1 amide bonds. The van der Waals surface area contributed by atoms with Gasteiger partial charge in [0.05, 0.1) is 19.1 Å². The highest BCUT2D eigenvalue weighted by molar-refractivity contribution is 7.89. The van der Waals surface area contributed by atoms with Crippen molar-refractivity contribution in [3.63, 3.8) is 0 Å². The third kappa shape index (κ3) is 3.11. The topological polar surface area (TPSA) is 98.4 Å². The zero-order valence-corrected chi connectivity index (χ0v) is 11.5. The molecular formula is C10H17N5O3S. The highest BCUT2D eigenvalue weighted by Gasteiger charge is 2.29. The number of piperazine rings is 1. The standard InChI is InChI=1S/C10H17N5O3S/c1-11-9(16)7-14-2-4-15(5-3-14)19(17,18)10-6-12-8-13-10/h6,8H,2-5,7H2,1H3,(H,11,16)(H,12,13). The summed E-state index contributed by atoms with van der Waals surface area (Å²) in [5.41, 5.74) is 0. The molecule has 8 nitrogen and oxygen atoms in total. The number of aromatic nitrogens is 2. The van der Waals surface area contributed by atoms with Gasteiger partial charge in [-0.15, -0.1) is 0 Å². The summed E-state index contributed by atoms with van der Waals surface area (Å²) < 4.78 is 25.8. The van der Waals surface area contributed by atoms with Crippen molar-refractivity contribution in [2.24, 2.45) is 0 Å². The SMILES string of the molecule is CNC(=O)CN1CCN(S(=O)(=O)c2cnc[nH]2)CC1. The average Bonchev–Trinajstić information content (AvgIpc) is 2.94. The van der Waals surface area contributed by atoms with Gasteiger partial charge < -0.3 is 10.3 Å². The number of aromatic amines is 1. The third-order valence-corrected chi connectivity index (χ3v) is 4.89. The molecule has 0 bridgehead atoms. The van der Waals surface area contributed by atoms with E-state index in [1.807, 2.05) is 4.90 Å². The van der Waals surface area contributed by atoms with E-state index in [9.17, 15) is 13.2 Å². The van der Waals surface area contributed by atoms with Crippen LogP contribution in [0.4, 0.5) is 0 Å². The molecule has 0 aliphatic carbocycles. The Morgan fingerprint density at radius 2 is 2.11 bits per heavy atom. The molecule has 1 aromatic heterocycles. The number of hydrogen-bond donors (Lipinski definition) is 2. The Balaban J connectivity index is 1.95. The summed E-state index contributed by atoms with van der Waals surface area (Å²) in [6.45, 7) is 2.13. The van der Waals surface area contributed by atoms with Gasteiger partial charge in [-0.1, -0.05) is 0 Å². The number of carbonyl (C=O) groups excluding carboxylic acids is 1. The van der Waals surface area contributed by atoms with Crippen molar-refractivity contribution < 1.29 is 13.2 Å². The van der Waals surface area contributed by atoms with E-state index < -0.39 is 10.0 Å². The average molecular weight is 287 g/mol. The van der Waals surface area contributed by atoms with Crippen LogP contribution < -0.4 is 5.32 Å². The Morgan fingerprint density at radius 3 is 2.63 bits per heavy atom. The molecule has 2 rings (SSSR count). The molecule has 1 aromatic rings. The van der Waals surface area contributed by atoms with Crippen LogP contribution in [0.2, 0.25) is 0 Å². The molecule has 1 fully saturated rings. The second-order valence-corrected chi connectivity index (χ2v) is 6.18. The molecule has 0 saturated carbocycles. The van der Waals surface area contributed by atoms with E-state index in [0.717, 1.165) is 0 Å². The molecule has 0 aromatic carbocycles. The minimum atomic E-state index is -3.49. The van der Waals surface area contributed by atoms with E-state index in [1.165, 1.54) is 16.8 Å². The Hall–Kier alpha value is -1.45. The van der Waals surface area contributed by atoms with Crippen LogP contribution in [-0.2, 0) is 14.8 Å². The minimum absolute atomic E-state index is 0.0649. The molecule has 0 spiro atoms. The van der Waals surface area contributed by atoms with E-state index in [2.05, 4.69) is 15.3 Å². The first-order valence-corrected chi connectivity index (χ1v) is 7.39. The summed E-state index contributed by atoms with van der Waals surface area (Å²) in [6.07, 6.45) is 2.64. The highest BCUT2D eigenvalue weighted by Crippen LogP contribution is 2.14. The van der Waals surface area contributed by atoms with Gasteiger partial charge in [0, 0.05) is 33.2 Å². The lowest BCUT2D eigenvalue weighted by Gasteiger charge is -2.32. The smallest absolute Gasteiger partial charge is 0.260 e. The van der Waals surface area contributed by atoms with Crippen LogP contribution in [0.15, 0.2) is 17.6 Å². The molecular weight excluding hydrogens is 270 g/mol. The van der Waals surface area contributed by atoms with Crippen molar-refractivity contribution in [2.75, 3.05) is 39.8 Å². The molecule has 2 N–H and O–H groups in total. The van der Waals surface area contributed by atoms with Crippen LogP contribution in [0.25, 0.3) is 0 Å². The minimum Gasteiger partial charge on any atom is -0.358 e. The van der Waals surface area contributed by atoms with Crippen molar-refractivity contribution in [2.45, 2.75) is 5.03 Å². The van der Waals surface area contributed by atoms with Crippen LogP contribution in [0.3, 0.4) is 0 Å². The number of rotatable bonds is 4. The van der Waals surface area contributed by atoms with Gasteiger partial charge in [-0.3, -0.25) is 9.69 Å². The number of sulfonamides is 1. The summed E-state index contributed by atoms with van der Waals surface area (Å²) in [5, 5.41) is 2.65. The lowest BCUT2D eigenvalue weighted by atomic mass is 10.3. The molecule has 0 atom stereocenters. The first kappa shape index (κ1) is 14.0. The maximum Gasteiger partial charge on any atom is 0.260 e. The molecule has 9 heteroatoms. The van der Waals surface area contributed by atoms with Crippen molar-refractivity contribution in [3.8, 4) is 0 Å². The Kier molecular flexibility index (Phi) is 4.17. The lowest BCUT2D eigenvalue weighted by molar-refractivity contribution is -0.122. The summed E-state index contributed by atoms with van der Waals surface area (Å²) in [7, 11) is -1.90. The van der Waals surface area contributed by atoms with Crippen molar-refractivity contribution in [1.82, 2.24) is 24.5 Å². The number of hydrogen-bond acceptors (Lipinski definition) is 5. The summed E-state index contributed by atoms with van der Waals surface area (Å²) in [6, 6.07) is 0. The zero-order valence-electron chi connectivity index (χ0n) is 10.7. The monoisotopic (exact) mass is 287 g/mol. The predicted octanol–water partition coefficient (Wildman–Crippen LogP) is -1.54. The Labute approximate surface area is 111 Å². The van der Waals surface area contributed by atoms with Crippen LogP contribution in [0, 0.1) is 0 Å². The first-order valence-electron chi connectivity index (χ1n) is 5.95. The van der Waals surface area contributed by atoms with E-state index in [0.29, 0.717) is 32.7 Å². The maximum absolute atomic E-state index is 12.2. The van der Waals surface area contributed by atoms with E-state index in [-0.39, 0.29) is 10.9 Å². The molecule has 1 aliphatic rings. The van der Waals surface area contributed by atoms with Gasteiger partial charge in [-0.2, -0.15) is 4.31 Å². The van der Waals surface area contributed by atoms with Crippen LogP contribution >= 0.6 is 0 Å². The number of amides is 1. The third-order valence-electron chi connectivity index (χ3n) is 3.07. The van der Waals surface area contributed by atoms with Crippen LogP contribution in [0.1, 0.15) is 0 Å². The molecule has 19 heavy (non-hydrogen) atoms. The van der Waals surface area contributed by atoms with Gasteiger partial charge in [0.1, 0.15) is 0 Å². The molecule has 106 valence electrons. The van der Waals surface area contributed by atoms with E-state index in [1.54, 1.807) is 7.05 Å². The fourth-order valence-electron chi connectivity index (χ4n) is 1.93. The van der Waals surface area contributed by atoms with E-state index >= 15 is 0 Å². The molecule has 2 heterocycles. The number of nitrogens with zero attached hydrogens (tertiary/aromatic N) is 3. The first-order chi connectivity index (χ1) is 9.04. The van der Waals surface area contributed by atoms with Gasteiger partial charge >= 0.3 is 0 Å². The molecule has 0 unspecified atom stereocenters. The van der Waals surface area contributed by atoms with Crippen molar-refractivity contribution in [1.29, 1.82) is 0 Å². The number of imidazole rings is 1. The van der Waals surface area contributed by atoms with Gasteiger partial charge in [0.15, 0.2) is 5.03 Å². The predicted molar refractivity (Wildman–Crippen MR) is 67.9 cm³/mol. The van der Waals surface area contributed by atoms with Gasteiger partial charge in [-0.25, -0.2) is 13.4 Å². The van der Waals surface area contributed by atoms with Crippen molar-refractivity contribution in [3.05, 3.63) is 12.5 Å². The maximum atomic E-state index is 12.2. The molecule has 1 saturated heterocycles. The highest BCUT2D eigenvalue weighted by atomic mass is 32.2. The van der Waals surface area contributed by atoms with E-state index in [4.69, 9.17) is 0 Å². The largest absolute Gasteiger partial charge is 0.358 e. The summed E-state index contributed by atoms with van der Waals surface area (Å²) in [5.74, 6) is -0.0649.